The highest BCUT2D eigenvalue weighted by Gasteiger charge is 2.01. The van der Waals surface area contributed by atoms with Gasteiger partial charge >= 0.3 is 0 Å². The Bertz CT molecular complexity index is 79.0. The average molecular weight is 114 g/mol. The lowest BCUT2D eigenvalue weighted by Crippen LogP contribution is -2.14. The van der Waals surface area contributed by atoms with Gasteiger partial charge < -0.3 is 5.43 Å². The molecule has 0 radical (unpaired) electrons. The topological polar surface area (TPSA) is 38.0 Å². The lowest BCUT2D eigenvalue weighted by atomic mass is 9.97. The van der Waals surface area contributed by atoms with E-state index in [4.69, 9.17) is 5.84 Å². The van der Waals surface area contributed by atoms with Crippen molar-refractivity contribution in [3.05, 3.63) is 12.3 Å². The number of hydrogen-bond donors (Lipinski definition) is 2. The Kier molecular flexibility index (Phi) is 2.55. The van der Waals surface area contributed by atoms with Gasteiger partial charge in [0.05, 0.1) is 0 Å². The molecule has 0 aromatic heterocycles. The van der Waals surface area contributed by atoms with Crippen molar-refractivity contribution in [2.45, 2.75) is 20.8 Å². The zero-order valence-electron chi connectivity index (χ0n) is 5.73. The normalized spacial score (nSPS) is 12.5. The first-order chi connectivity index (χ1) is 3.56. The van der Waals surface area contributed by atoms with E-state index in [0.717, 1.165) is 0 Å². The number of rotatable bonds is 1. The van der Waals surface area contributed by atoms with E-state index in [0.29, 0.717) is 0 Å². The fourth-order valence-corrected chi connectivity index (χ4v) is 0.298. The van der Waals surface area contributed by atoms with E-state index < -0.39 is 0 Å². The average Bonchev–Trinajstić information content (AvgIpc) is 1.59. The molecule has 0 fully saturated rings. The van der Waals surface area contributed by atoms with Crippen LogP contribution in [-0.4, -0.2) is 0 Å². The zero-order valence-corrected chi connectivity index (χ0v) is 5.73. The smallest absolute Gasteiger partial charge is 0.00879 e. The Morgan fingerprint density at radius 3 is 2.00 bits per heavy atom. The Labute approximate surface area is 50.7 Å². The predicted molar refractivity (Wildman–Crippen MR) is 35.9 cm³/mol. The fraction of sp³-hybridized carbons (Fsp3) is 0.667. The van der Waals surface area contributed by atoms with Gasteiger partial charge in [0, 0.05) is 6.20 Å². The van der Waals surface area contributed by atoms with Crippen molar-refractivity contribution >= 4 is 0 Å². The van der Waals surface area contributed by atoms with E-state index in [2.05, 4.69) is 26.2 Å². The van der Waals surface area contributed by atoms with Gasteiger partial charge in [0.15, 0.2) is 0 Å². The molecule has 48 valence electrons. The Balaban J connectivity index is 3.52. The van der Waals surface area contributed by atoms with Gasteiger partial charge in [-0.2, -0.15) is 0 Å². The molecule has 2 nitrogen and oxygen atoms in total. The molecule has 3 N–H and O–H groups in total. The van der Waals surface area contributed by atoms with E-state index >= 15 is 0 Å². The zero-order chi connectivity index (χ0) is 6.62. The van der Waals surface area contributed by atoms with Gasteiger partial charge in [-0.3, -0.25) is 5.84 Å². The van der Waals surface area contributed by atoms with Crippen LogP contribution in [0.2, 0.25) is 0 Å². The molecule has 0 atom stereocenters. The van der Waals surface area contributed by atoms with Crippen molar-refractivity contribution in [2.75, 3.05) is 0 Å². The maximum absolute atomic E-state index is 5.00. The van der Waals surface area contributed by atoms with E-state index in [9.17, 15) is 0 Å². The van der Waals surface area contributed by atoms with Crippen LogP contribution in [0.4, 0.5) is 0 Å². The summed E-state index contributed by atoms with van der Waals surface area (Å²) in [5.74, 6) is 5.00. The number of nitrogens with two attached hydrogens (primary N) is 1. The summed E-state index contributed by atoms with van der Waals surface area (Å²) in [6.07, 6.45) is 3.74. The molecular formula is C6H14N2. The van der Waals surface area contributed by atoms with Gasteiger partial charge in [-0.25, -0.2) is 0 Å². The molecule has 0 unspecified atom stereocenters. The van der Waals surface area contributed by atoms with Crippen LogP contribution >= 0.6 is 0 Å². The Hall–Kier alpha value is -0.500. The molecule has 0 amide bonds. The molecular weight excluding hydrogens is 100 g/mol. The molecule has 0 aromatic carbocycles. The molecule has 0 aliphatic carbocycles. The van der Waals surface area contributed by atoms with Crippen LogP contribution in [-0.2, 0) is 0 Å². The largest absolute Gasteiger partial charge is 0.332 e. The standard InChI is InChI=1S/C6H14N2/c1-6(2,3)4-5-8-7/h4-5,8H,7H2,1-3H3/b5-4+. The van der Waals surface area contributed by atoms with Crippen LogP contribution in [0, 0.1) is 5.41 Å². The highest BCUT2D eigenvalue weighted by molar-refractivity contribution is 4.89. The maximum Gasteiger partial charge on any atom is 0.00879 e. The summed E-state index contributed by atoms with van der Waals surface area (Å²) in [7, 11) is 0. The van der Waals surface area contributed by atoms with Crippen LogP contribution in [0.1, 0.15) is 20.8 Å². The minimum Gasteiger partial charge on any atom is -0.332 e. The molecule has 8 heavy (non-hydrogen) atoms. The van der Waals surface area contributed by atoms with E-state index in [1.807, 2.05) is 6.08 Å². The Morgan fingerprint density at radius 1 is 1.38 bits per heavy atom. The maximum atomic E-state index is 5.00. The van der Waals surface area contributed by atoms with E-state index in [1.165, 1.54) is 0 Å². The number of nitrogens with one attached hydrogen (secondary N) is 1. The van der Waals surface area contributed by atoms with Gasteiger partial charge in [0.1, 0.15) is 0 Å². The van der Waals surface area contributed by atoms with Crippen molar-refractivity contribution in [1.82, 2.24) is 5.43 Å². The van der Waals surface area contributed by atoms with Crippen LogP contribution in [0.15, 0.2) is 12.3 Å². The summed E-state index contributed by atoms with van der Waals surface area (Å²) in [5.41, 5.74) is 2.67. The minimum atomic E-state index is 0.229. The summed E-state index contributed by atoms with van der Waals surface area (Å²) in [5, 5.41) is 0. The van der Waals surface area contributed by atoms with Crippen molar-refractivity contribution in [2.24, 2.45) is 11.3 Å². The molecule has 0 saturated heterocycles. The quantitative estimate of drug-likeness (QED) is 0.394. The number of allylic oxidation sites excluding steroid dienone is 1. The van der Waals surface area contributed by atoms with Crippen LogP contribution in [0.25, 0.3) is 0 Å². The van der Waals surface area contributed by atoms with Crippen molar-refractivity contribution in [3.63, 3.8) is 0 Å². The first-order valence-corrected chi connectivity index (χ1v) is 2.70. The highest BCUT2D eigenvalue weighted by atomic mass is 15.2. The summed E-state index contributed by atoms with van der Waals surface area (Å²) in [6, 6.07) is 0. The predicted octanol–water partition coefficient (Wildman–Crippen LogP) is 1.01. The van der Waals surface area contributed by atoms with Crippen molar-refractivity contribution in [1.29, 1.82) is 0 Å². The highest BCUT2D eigenvalue weighted by Crippen LogP contribution is 2.13. The fourth-order valence-electron chi connectivity index (χ4n) is 0.298. The summed E-state index contributed by atoms with van der Waals surface area (Å²) in [6.45, 7) is 6.34. The number of hydrogen-bond acceptors (Lipinski definition) is 2. The second kappa shape index (κ2) is 2.72. The molecule has 0 aliphatic heterocycles. The first kappa shape index (κ1) is 7.50. The molecule has 0 spiro atoms. The molecule has 0 aliphatic rings. The van der Waals surface area contributed by atoms with E-state index in [1.54, 1.807) is 6.20 Å². The molecule has 0 saturated carbocycles. The monoisotopic (exact) mass is 114 g/mol. The molecule has 0 aromatic rings. The van der Waals surface area contributed by atoms with Crippen LogP contribution in [0.3, 0.4) is 0 Å². The van der Waals surface area contributed by atoms with Crippen molar-refractivity contribution < 1.29 is 0 Å². The first-order valence-electron chi connectivity index (χ1n) is 2.70. The summed E-state index contributed by atoms with van der Waals surface area (Å²) < 4.78 is 0. The molecule has 0 rings (SSSR count). The third kappa shape index (κ3) is 5.50. The van der Waals surface area contributed by atoms with Gasteiger partial charge in [-0.15, -0.1) is 0 Å². The lowest BCUT2D eigenvalue weighted by molar-refractivity contribution is 0.540. The second-order valence-electron chi connectivity index (χ2n) is 2.87. The van der Waals surface area contributed by atoms with Gasteiger partial charge in [0.2, 0.25) is 0 Å². The van der Waals surface area contributed by atoms with Crippen LogP contribution in [0.5, 0.6) is 0 Å². The third-order valence-electron chi connectivity index (χ3n) is 0.680. The molecule has 0 heterocycles. The minimum absolute atomic E-state index is 0.229. The Morgan fingerprint density at radius 2 is 1.88 bits per heavy atom. The third-order valence-corrected chi connectivity index (χ3v) is 0.680. The molecule has 2 heteroatoms. The van der Waals surface area contributed by atoms with E-state index in [-0.39, 0.29) is 5.41 Å². The van der Waals surface area contributed by atoms with Crippen LogP contribution < -0.4 is 11.3 Å². The SMILES string of the molecule is CC(C)(C)/C=C/NN. The molecule has 0 bridgehead atoms. The van der Waals surface area contributed by atoms with Gasteiger partial charge in [-0.05, 0) is 5.41 Å². The number of hydrazine groups is 1. The summed E-state index contributed by atoms with van der Waals surface area (Å²) >= 11 is 0. The second-order valence-corrected chi connectivity index (χ2v) is 2.87. The lowest BCUT2D eigenvalue weighted by Gasteiger charge is -2.10. The van der Waals surface area contributed by atoms with Gasteiger partial charge in [0.25, 0.3) is 0 Å². The van der Waals surface area contributed by atoms with Gasteiger partial charge in [-0.1, -0.05) is 26.8 Å². The summed E-state index contributed by atoms with van der Waals surface area (Å²) in [4.78, 5) is 0. The van der Waals surface area contributed by atoms with Crippen molar-refractivity contribution in [3.8, 4) is 0 Å².